The molecule has 0 saturated carbocycles. The highest BCUT2D eigenvalue weighted by Crippen LogP contribution is 2.32. The molecule has 4 rings (SSSR count). The van der Waals surface area contributed by atoms with Gasteiger partial charge in [0.15, 0.2) is 0 Å². The van der Waals surface area contributed by atoms with Crippen molar-refractivity contribution in [2.45, 2.75) is 18.5 Å². The lowest BCUT2D eigenvalue weighted by Crippen LogP contribution is -2.26. The van der Waals surface area contributed by atoms with Gasteiger partial charge in [-0.1, -0.05) is 48.5 Å². The smallest absolute Gasteiger partial charge is 0.0482 e. The number of fused-ring (bicyclic) bond motifs is 1. The lowest BCUT2D eigenvalue weighted by Gasteiger charge is -2.11. The molecule has 1 aliphatic heterocycles. The van der Waals surface area contributed by atoms with Crippen LogP contribution in [0.3, 0.4) is 0 Å². The molecule has 1 fully saturated rings. The fourth-order valence-electron chi connectivity index (χ4n) is 3.19. The van der Waals surface area contributed by atoms with Crippen LogP contribution < -0.4 is 16.6 Å². The average Bonchev–Trinajstić information content (AvgIpc) is 3.04. The van der Waals surface area contributed by atoms with Crippen LogP contribution in [0.4, 0.5) is 5.69 Å². The van der Waals surface area contributed by atoms with Gasteiger partial charge < -0.3 is 5.73 Å². The number of nitrogens with one attached hydrogen (secondary N) is 2. The van der Waals surface area contributed by atoms with Gasteiger partial charge in [-0.3, -0.25) is 0 Å². The van der Waals surface area contributed by atoms with E-state index in [0.717, 1.165) is 12.1 Å². The molecule has 0 bridgehead atoms. The van der Waals surface area contributed by atoms with Crippen LogP contribution in [0.1, 0.15) is 29.6 Å². The van der Waals surface area contributed by atoms with Crippen molar-refractivity contribution < 1.29 is 0 Å². The molecule has 2 unspecified atom stereocenters. The monoisotopic (exact) mass is 289 g/mol. The van der Waals surface area contributed by atoms with Crippen LogP contribution in [0, 0.1) is 0 Å². The van der Waals surface area contributed by atoms with Crippen LogP contribution in [0.25, 0.3) is 10.8 Å². The lowest BCUT2D eigenvalue weighted by molar-refractivity contribution is 0.555. The van der Waals surface area contributed by atoms with E-state index in [0.29, 0.717) is 12.1 Å². The summed E-state index contributed by atoms with van der Waals surface area (Å²) in [4.78, 5) is 0. The predicted octanol–water partition coefficient (Wildman–Crippen LogP) is 3.70. The summed E-state index contributed by atoms with van der Waals surface area (Å²) in [6.45, 7) is 0. The quantitative estimate of drug-likeness (QED) is 0.630. The Morgan fingerprint density at radius 1 is 0.727 bits per heavy atom. The maximum absolute atomic E-state index is 5.89. The zero-order valence-corrected chi connectivity index (χ0v) is 12.3. The Labute approximate surface area is 130 Å². The van der Waals surface area contributed by atoms with Crippen LogP contribution in [-0.4, -0.2) is 0 Å². The fourth-order valence-corrected chi connectivity index (χ4v) is 3.19. The van der Waals surface area contributed by atoms with E-state index in [9.17, 15) is 0 Å². The second kappa shape index (κ2) is 5.44. The maximum Gasteiger partial charge on any atom is 0.0482 e. The van der Waals surface area contributed by atoms with Crippen molar-refractivity contribution in [2.24, 2.45) is 0 Å². The molecular weight excluding hydrogens is 270 g/mol. The second-order valence-corrected chi connectivity index (χ2v) is 5.91. The van der Waals surface area contributed by atoms with Crippen LogP contribution in [0.5, 0.6) is 0 Å². The first-order valence-corrected chi connectivity index (χ1v) is 7.65. The van der Waals surface area contributed by atoms with Crippen molar-refractivity contribution in [1.29, 1.82) is 0 Å². The van der Waals surface area contributed by atoms with E-state index >= 15 is 0 Å². The summed E-state index contributed by atoms with van der Waals surface area (Å²) in [6, 6.07) is 23.9. The Hall–Kier alpha value is -2.36. The molecule has 4 N–H and O–H groups in total. The molecule has 0 aliphatic carbocycles. The molecular formula is C19H19N3. The SMILES string of the molecule is Nc1cccc(C2CC(c3ccc4ccccc4c3)NN2)c1. The molecule has 1 aliphatic rings. The van der Waals surface area contributed by atoms with E-state index in [1.54, 1.807) is 0 Å². The van der Waals surface area contributed by atoms with Crippen LogP contribution in [0.2, 0.25) is 0 Å². The predicted molar refractivity (Wildman–Crippen MR) is 91.2 cm³/mol. The highest BCUT2D eigenvalue weighted by Gasteiger charge is 2.26. The fraction of sp³-hybridized carbons (Fsp3) is 0.158. The summed E-state index contributed by atoms with van der Waals surface area (Å²) >= 11 is 0. The molecule has 3 heteroatoms. The first kappa shape index (κ1) is 13.3. The molecule has 0 aromatic heterocycles. The van der Waals surface area contributed by atoms with Gasteiger partial charge in [-0.15, -0.1) is 0 Å². The Morgan fingerprint density at radius 3 is 2.23 bits per heavy atom. The van der Waals surface area contributed by atoms with Gasteiger partial charge in [-0.05, 0) is 46.5 Å². The number of nitrogen functional groups attached to an aromatic ring is 1. The zero-order chi connectivity index (χ0) is 14.9. The van der Waals surface area contributed by atoms with Gasteiger partial charge in [-0.2, -0.15) is 0 Å². The third kappa shape index (κ3) is 2.45. The minimum Gasteiger partial charge on any atom is -0.399 e. The minimum atomic E-state index is 0.292. The van der Waals surface area contributed by atoms with Gasteiger partial charge in [0.05, 0.1) is 0 Å². The number of hydrogen-bond donors (Lipinski definition) is 3. The molecule has 3 nitrogen and oxygen atoms in total. The number of hydrazine groups is 1. The van der Waals surface area contributed by atoms with E-state index in [1.807, 2.05) is 18.2 Å². The summed E-state index contributed by atoms with van der Waals surface area (Å²) in [5, 5.41) is 2.57. The van der Waals surface area contributed by atoms with Crippen molar-refractivity contribution >= 4 is 16.5 Å². The van der Waals surface area contributed by atoms with E-state index < -0.39 is 0 Å². The van der Waals surface area contributed by atoms with Gasteiger partial charge in [0.2, 0.25) is 0 Å². The molecule has 2 atom stereocenters. The Kier molecular flexibility index (Phi) is 3.29. The standard InChI is InChI=1S/C19H19N3/c20-17-7-3-6-15(11-17)18-12-19(22-21-18)16-9-8-13-4-1-2-5-14(13)10-16/h1-11,18-19,21-22H,12,20H2. The van der Waals surface area contributed by atoms with E-state index in [2.05, 4.69) is 59.4 Å². The normalized spacial score (nSPS) is 21.3. The highest BCUT2D eigenvalue weighted by molar-refractivity contribution is 5.83. The molecule has 0 amide bonds. The number of hydrogen-bond acceptors (Lipinski definition) is 3. The molecule has 3 aromatic rings. The summed E-state index contributed by atoms with van der Waals surface area (Å²) in [7, 11) is 0. The van der Waals surface area contributed by atoms with Crippen LogP contribution >= 0.6 is 0 Å². The topological polar surface area (TPSA) is 50.1 Å². The van der Waals surface area contributed by atoms with Crippen LogP contribution in [-0.2, 0) is 0 Å². The van der Waals surface area contributed by atoms with Crippen LogP contribution in [0.15, 0.2) is 66.7 Å². The second-order valence-electron chi connectivity index (χ2n) is 5.91. The number of anilines is 1. The van der Waals surface area contributed by atoms with Crippen molar-refractivity contribution in [3.63, 3.8) is 0 Å². The zero-order valence-electron chi connectivity index (χ0n) is 12.3. The van der Waals surface area contributed by atoms with Gasteiger partial charge in [-0.25, -0.2) is 10.9 Å². The first-order valence-electron chi connectivity index (χ1n) is 7.65. The third-order valence-electron chi connectivity index (χ3n) is 4.39. The number of nitrogens with two attached hydrogens (primary N) is 1. The van der Waals surface area contributed by atoms with Crippen molar-refractivity contribution in [1.82, 2.24) is 10.9 Å². The molecule has 3 aromatic carbocycles. The summed E-state index contributed by atoms with van der Waals surface area (Å²) in [5.74, 6) is 0. The number of rotatable bonds is 2. The van der Waals surface area contributed by atoms with Crippen molar-refractivity contribution in [3.8, 4) is 0 Å². The molecule has 1 saturated heterocycles. The Bertz CT molecular complexity index is 812. The van der Waals surface area contributed by atoms with E-state index in [1.165, 1.54) is 21.9 Å². The molecule has 110 valence electrons. The molecule has 22 heavy (non-hydrogen) atoms. The average molecular weight is 289 g/mol. The maximum atomic E-state index is 5.89. The Balaban J connectivity index is 1.58. The van der Waals surface area contributed by atoms with Gasteiger partial charge in [0.25, 0.3) is 0 Å². The van der Waals surface area contributed by atoms with E-state index in [-0.39, 0.29) is 0 Å². The molecule has 0 spiro atoms. The Morgan fingerprint density at radius 2 is 1.45 bits per heavy atom. The largest absolute Gasteiger partial charge is 0.399 e. The van der Waals surface area contributed by atoms with E-state index in [4.69, 9.17) is 5.73 Å². The van der Waals surface area contributed by atoms with Gasteiger partial charge in [0.1, 0.15) is 0 Å². The molecule has 1 heterocycles. The highest BCUT2D eigenvalue weighted by atomic mass is 15.4. The first-order chi connectivity index (χ1) is 10.8. The summed E-state index contributed by atoms with van der Waals surface area (Å²) in [6.07, 6.45) is 1.02. The van der Waals surface area contributed by atoms with Crippen molar-refractivity contribution in [3.05, 3.63) is 77.9 Å². The minimum absolute atomic E-state index is 0.292. The van der Waals surface area contributed by atoms with Gasteiger partial charge >= 0.3 is 0 Å². The molecule has 0 radical (unpaired) electrons. The number of benzene rings is 3. The summed E-state index contributed by atoms with van der Waals surface area (Å²) in [5.41, 5.74) is 16.1. The van der Waals surface area contributed by atoms with Crippen molar-refractivity contribution in [2.75, 3.05) is 5.73 Å². The lowest BCUT2D eigenvalue weighted by atomic mass is 9.96. The summed E-state index contributed by atoms with van der Waals surface area (Å²) < 4.78 is 0. The van der Waals surface area contributed by atoms with Gasteiger partial charge in [0, 0.05) is 17.8 Å². The third-order valence-corrected chi connectivity index (χ3v) is 4.39.